The van der Waals surface area contributed by atoms with Crippen molar-refractivity contribution in [1.29, 1.82) is 0 Å². The number of aromatic amines is 1. The molecule has 0 saturated heterocycles. The molecule has 3 heterocycles. The molecule has 1 aliphatic carbocycles. The molecule has 214 valence electrons. The van der Waals surface area contributed by atoms with Gasteiger partial charge in [0.15, 0.2) is 5.01 Å². The van der Waals surface area contributed by atoms with Crippen molar-refractivity contribution < 1.29 is 14.4 Å². The normalized spacial score (nSPS) is 21.2. The molecule has 1 saturated carbocycles. The molecule has 2 aromatic heterocycles. The molecular weight excluding hydrogens is 548 g/mol. The van der Waals surface area contributed by atoms with Gasteiger partial charge in [0.1, 0.15) is 5.69 Å². The summed E-state index contributed by atoms with van der Waals surface area (Å²) < 4.78 is 0. The highest BCUT2D eigenvalue weighted by atomic mass is 35.5. The molecule has 0 bridgehead atoms. The number of hydrogen-bond acceptors (Lipinski definition) is 6. The van der Waals surface area contributed by atoms with Gasteiger partial charge < -0.3 is 25.0 Å². The van der Waals surface area contributed by atoms with Gasteiger partial charge in [-0.05, 0) is 64.4 Å². The second-order valence-corrected chi connectivity index (χ2v) is 12.4. The molecule has 1 aliphatic heterocycles. The average molecular weight is 585 g/mol. The molecule has 2 N–H and O–H groups in total. The molecule has 0 spiro atoms. The second kappa shape index (κ2) is 11.9. The number of rotatable bonds is 7. The maximum Gasteiger partial charge on any atom is 0.280 e. The quantitative estimate of drug-likeness (QED) is 0.434. The van der Waals surface area contributed by atoms with E-state index in [1.807, 2.05) is 30.9 Å². The highest BCUT2D eigenvalue weighted by Gasteiger charge is 2.40. The number of nitrogens with one attached hydrogen (secondary N) is 2. The van der Waals surface area contributed by atoms with E-state index in [1.165, 1.54) is 11.3 Å². The number of carbonyl (C=O) groups is 3. The molecular formula is C29H37ClN6O3S. The van der Waals surface area contributed by atoms with E-state index >= 15 is 0 Å². The van der Waals surface area contributed by atoms with Crippen molar-refractivity contribution in [2.75, 3.05) is 33.7 Å². The van der Waals surface area contributed by atoms with Crippen molar-refractivity contribution in [2.45, 2.75) is 58.2 Å². The minimum atomic E-state index is -0.387. The Bertz CT molecular complexity index is 1420. The van der Waals surface area contributed by atoms with Crippen LogP contribution < -0.4 is 5.32 Å². The number of H-pyrrole nitrogens is 1. The van der Waals surface area contributed by atoms with Crippen LogP contribution in [-0.4, -0.2) is 88.2 Å². The van der Waals surface area contributed by atoms with E-state index in [1.54, 1.807) is 24.1 Å². The zero-order valence-electron chi connectivity index (χ0n) is 23.5. The first-order chi connectivity index (χ1) is 19.2. The zero-order valence-corrected chi connectivity index (χ0v) is 25.1. The number of benzene rings is 1. The molecule has 0 radical (unpaired) electrons. The summed E-state index contributed by atoms with van der Waals surface area (Å²) in [5, 5.41) is 5.10. The summed E-state index contributed by atoms with van der Waals surface area (Å²) >= 11 is 7.58. The highest BCUT2D eigenvalue weighted by Crippen LogP contribution is 2.31. The second-order valence-electron chi connectivity index (χ2n) is 10.9. The molecule has 3 atom stereocenters. The summed E-state index contributed by atoms with van der Waals surface area (Å²) in [4.78, 5) is 55.2. The molecule has 40 heavy (non-hydrogen) atoms. The molecule has 3 aromatic rings. The number of nitrogens with zero attached hydrogens (tertiary/aromatic N) is 4. The summed E-state index contributed by atoms with van der Waals surface area (Å²) in [6, 6.07) is 6.61. The summed E-state index contributed by atoms with van der Waals surface area (Å²) in [6.07, 6.45) is 2.56. The van der Waals surface area contributed by atoms with Crippen LogP contribution >= 0.6 is 22.9 Å². The van der Waals surface area contributed by atoms with Crippen LogP contribution in [0.3, 0.4) is 0 Å². The van der Waals surface area contributed by atoms with Crippen LogP contribution in [0.2, 0.25) is 5.02 Å². The molecule has 2 aliphatic rings. The van der Waals surface area contributed by atoms with E-state index in [2.05, 4.69) is 27.2 Å². The van der Waals surface area contributed by atoms with Gasteiger partial charge in [-0.1, -0.05) is 11.6 Å². The lowest BCUT2D eigenvalue weighted by Gasteiger charge is -2.41. The van der Waals surface area contributed by atoms with Crippen LogP contribution in [0.1, 0.15) is 64.0 Å². The Morgan fingerprint density at radius 1 is 1.20 bits per heavy atom. The Morgan fingerprint density at radius 3 is 2.73 bits per heavy atom. The highest BCUT2D eigenvalue weighted by molar-refractivity contribution is 7.13. The number of aromatic nitrogens is 2. The molecule has 9 nitrogen and oxygen atoms in total. The number of likely N-dealkylation sites (N-methyl/N-ethyl adjacent to an activating group) is 2. The summed E-state index contributed by atoms with van der Waals surface area (Å²) in [6.45, 7) is 6.97. The van der Waals surface area contributed by atoms with Crippen molar-refractivity contribution >= 4 is 51.6 Å². The lowest BCUT2D eigenvalue weighted by Crippen LogP contribution is -2.56. The standard InChI is InChI=1S/C29H37ClN6O3S/c1-5-36(6-2)28(38)17-7-10-24(35(4)29(39)23-15-18-13-19(30)8-9-20(18)31-23)22(14-17)32-26(37)27-33-21-11-12-34(3)16-25(21)40-27/h8-9,13,15,17,22,24,31H,5-7,10-12,14,16H2,1-4H3,(H,32,37)/t17-,22+,24-/m0/s1. The third-order valence-corrected chi connectivity index (χ3v) is 9.62. The van der Waals surface area contributed by atoms with Crippen LogP contribution in [0.15, 0.2) is 24.3 Å². The van der Waals surface area contributed by atoms with Gasteiger partial charge in [-0.3, -0.25) is 14.4 Å². The molecule has 11 heteroatoms. The summed E-state index contributed by atoms with van der Waals surface area (Å²) in [5.74, 6) is -0.512. The van der Waals surface area contributed by atoms with Crippen molar-refractivity contribution in [3.8, 4) is 0 Å². The van der Waals surface area contributed by atoms with E-state index in [4.69, 9.17) is 11.6 Å². The van der Waals surface area contributed by atoms with Crippen molar-refractivity contribution in [3.05, 3.63) is 50.6 Å². The maximum atomic E-state index is 13.6. The molecule has 0 unspecified atom stereocenters. The number of hydrogen-bond donors (Lipinski definition) is 2. The Kier molecular flexibility index (Phi) is 8.49. The van der Waals surface area contributed by atoms with E-state index < -0.39 is 0 Å². The Balaban J connectivity index is 1.38. The van der Waals surface area contributed by atoms with E-state index in [0.717, 1.165) is 41.0 Å². The number of carbonyl (C=O) groups excluding carboxylic acids is 3. The fourth-order valence-corrected chi connectivity index (χ4v) is 7.27. The summed E-state index contributed by atoms with van der Waals surface area (Å²) in [7, 11) is 3.84. The van der Waals surface area contributed by atoms with Gasteiger partial charge in [0.2, 0.25) is 5.91 Å². The molecule has 1 fully saturated rings. The molecule has 3 amide bonds. The lowest BCUT2D eigenvalue weighted by atomic mass is 9.80. The van der Waals surface area contributed by atoms with Gasteiger partial charge >= 0.3 is 0 Å². The predicted molar refractivity (Wildman–Crippen MR) is 158 cm³/mol. The van der Waals surface area contributed by atoms with E-state index in [0.29, 0.717) is 48.1 Å². The first-order valence-electron chi connectivity index (χ1n) is 14.0. The maximum absolute atomic E-state index is 13.6. The third kappa shape index (κ3) is 5.75. The first-order valence-corrected chi connectivity index (χ1v) is 15.2. The number of thiazole rings is 1. The van der Waals surface area contributed by atoms with Crippen LogP contribution in [0.25, 0.3) is 10.9 Å². The molecule has 1 aromatic carbocycles. The predicted octanol–water partition coefficient (Wildman–Crippen LogP) is 4.17. The lowest BCUT2D eigenvalue weighted by molar-refractivity contribution is -0.136. The fraction of sp³-hybridized carbons (Fsp3) is 0.517. The number of amides is 3. The Hall–Kier alpha value is -2.95. The smallest absolute Gasteiger partial charge is 0.280 e. The average Bonchev–Trinajstić information content (AvgIpc) is 3.56. The van der Waals surface area contributed by atoms with Crippen molar-refractivity contribution in [1.82, 2.24) is 30.0 Å². The van der Waals surface area contributed by atoms with Crippen LogP contribution in [0, 0.1) is 5.92 Å². The van der Waals surface area contributed by atoms with Gasteiger partial charge in [0.25, 0.3) is 11.8 Å². The van der Waals surface area contributed by atoms with Gasteiger partial charge in [-0.15, -0.1) is 11.3 Å². The van der Waals surface area contributed by atoms with Crippen molar-refractivity contribution in [3.63, 3.8) is 0 Å². The van der Waals surface area contributed by atoms with Crippen LogP contribution in [0.4, 0.5) is 0 Å². The van der Waals surface area contributed by atoms with Gasteiger partial charge in [0.05, 0.1) is 17.8 Å². The number of fused-ring (bicyclic) bond motifs is 2. The Labute approximate surface area is 243 Å². The van der Waals surface area contributed by atoms with Gasteiger partial charge in [0, 0.05) is 66.4 Å². The SMILES string of the molecule is CCN(CC)C(=O)[C@H]1CC[C@H](N(C)C(=O)c2cc3cc(Cl)ccc3[nH]2)[C@H](NC(=O)c2nc3c(s2)CN(C)CC3)C1. The largest absolute Gasteiger partial charge is 0.351 e. The zero-order chi connectivity index (χ0) is 28.6. The van der Waals surface area contributed by atoms with E-state index in [9.17, 15) is 14.4 Å². The van der Waals surface area contributed by atoms with Gasteiger partial charge in [-0.25, -0.2) is 4.98 Å². The van der Waals surface area contributed by atoms with Crippen LogP contribution in [-0.2, 0) is 17.8 Å². The fourth-order valence-electron chi connectivity index (χ4n) is 6.00. The summed E-state index contributed by atoms with van der Waals surface area (Å²) in [5.41, 5.74) is 2.29. The van der Waals surface area contributed by atoms with Crippen molar-refractivity contribution in [2.24, 2.45) is 5.92 Å². The van der Waals surface area contributed by atoms with Crippen LogP contribution in [0.5, 0.6) is 0 Å². The minimum absolute atomic E-state index is 0.108. The van der Waals surface area contributed by atoms with E-state index in [-0.39, 0.29) is 35.7 Å². The third-order valence-electron chi connectivity index (χ3n) is 8.30. The topological polar surface area (TPSA) is 102 Å². The molecule has 5 rings (SSSR count). The number of halogens is 1. The van der Waals surface area contributed by atoms with Gasteiger partial charge in [-0.2, -0.15) is 0 Å². The minimum Gasteiger partial charge on any atom is -0.351 e. The monoisotopic (exact) mass is 584 g/mol. The Morgan fingerprint density at radius 2 is 1.98 bits per heavy atom. The first kappa shape index (κ1) is 28.6.